The molecule has 0 bridgehead atoms. The lowest BCUT2D eigenvalue weighted by atomic mass is 10.0. The van der Waals surface area contributed by atoms with E-state index in [0.29, 0.717) is 0 Å². The fourth-order valence-electron chi connectivity index (χ4n) is 4.61. The minimum atomic E-state index is 1.04. The third kappa shape index (κ3) is 4.68. The molecule has 4 rings (SSSR count). The van der Waals surface area contributed by atoms with E-state index >= 15 is 0 Å². The first-order valence-electron chi connectivity index (χ1n) is 12.0. The van der Waals surface area contributed by atoms with Crippen molar-refractivity contribution in [2.24, 2.45) is 0 Å². The monoisotopic (exact) mass is 438 g/mol. The number of anilines is 4. The number of fused-ring (bicyclic) bond motifs is 2. The molecule has 0 atom stereocenters. The molecule has 0 spiro atoms. The minimum Gasteiger partial charge on any atom is -0.378 e. The van der Waals surface area contributed by atoms with E-state index in [4.69, 9.17) is 0 Å². The molecule has 2 aliphatic rings. The maximum Gasteiger partial charge on any atom is 0.0560 e. The lowest BCUT2D eigenvalue weighted by Gasteiger charge is -2.37. The largest absolute Gasteiger partial charge is 0.378 e. The lowest BCUT2D eigenvalue weighted by molar-refractivity contribution is 0.254. The van der Waals surface area contributed by atoms with Crippen LogP contribution < -0.4 is 15.1 Å². The predicted octanol–water partition coefficient (Wildman–Crippen LogP) is 6.01. The highest BCUT2D eigenvalue weighted by Gasteiger charge is 2.24. The predicted molar refractivity (Wildman–Crippen MR) is 137 cm³/mol. The van der Waals surface area contributed by atoms with Gasteiger partial charge in [0.25, 0.3) is 0 Å². The molecule has 0 amide bonds. The Hall–Kier alpha value is -1.85. The van der Waals surface area contributed by atoms with Crippen molar-refractivity contribution in [1.82, 2.24) is 4.90 Å². The van der Waals surface area contributed by atoms with Gasteiger partial charge >= 0.3 is 0 Å². The highest BCUT2D eigenvalue weighted by atomic mass is 32.2. The molecule has 0 saturated carbocycles. The number of aryl methyl sites for hydroxylation is 2. The Bertz CT molecular complexity index is 916. The first-order chi connectivity index (χ1) is 15.0. The summed E-state index contributed by atoms with van der Waals surface area (Å²) in [5.74, 6) is 0. The fourth-order valence-corrected chi connectivity index (χ4v) is 5.78. The lowest BCUT2D eigenvalue weighted by Crippen LogP contribution is -2.46. The van der Waals surface area contributed by atoms with Gasteiger partial charge in [0.05, 0.1) is 11.4 Å². The third-order valence-electron chi connectivity index (χ3n) is 6.65. The molecule has 1 saturated heterocycles. The molecular weight excluding hydrogens is 400 g/mol. The van der Waals surface area contributed by atoms with Gasteiger partial charge < -0.3 is 15.1 Å². The Morgan fingerprint density at radius 3 is 2.13 bits per heavy atom. The second-order valence-corrected chi connectivity index (χ2v) is 10.1. The van der Waals surface area contributed by atoms with Crippen LogP contribution in [0.5, 0.6) is 0 Å². The minimum absolute atomic E-state index is 1.04. The second-order valence-electron chi connectivity index (χ2n) is 8.97. The summed E-state index contributed by atoms with van der Waals surface area (Å²) >= 11 is 1.94. The van der Waals surface area contributed by atoms with Gasteiger partial charge in [-0.25, -0.2) is 0 Å². The number of unbranched alkanes of at least 4 members (excludes halogenated alkanes) is 1. The Morgan fingerprint density at radius 1 is 0.871 bits per heavy atom. The molecule has 168 valence electrons. The summed E-state index contributed by atoms with van der Waals surface area (Å²) in [6, 6.07) is 9.51. The molecule has 1 N–H and O–H groups in total. The van der Waals surface area contributed by atoms with Crippen LogP contribution in [0.4, 0.5) is 22.7 Å². The number of nitrogens with one attached hydrogen (secondary N) is 1. The SMILES string of the molecule is CCCCN1CCN(c2cc(CC)c3c(c2)Sc2cc(N(C)C)cc(CC)c2N3)CC1. The van der Waals surface area contributed by atoms with Gasteiger partial charge in [0.2, 0.25) is 0 Å². The van der Waals surface area contributed by atoms with Crippen LogP contribution in [0.1, 0.15) is 44.7 Å². The van der Waals surface area contributed by atoms with Crippen LogP contribution in [0, 0.1) is 0 Å². The molecule has 2 aliphatic heterocycles. The van der Waals surface area contributed by atoms with E-state index in [-0.39, 0.29) is 0 Å². The summed E-state index contributed by atoms with van der Waals surface area (Å²) in [4.78, 5) is 10.1. The summed E-state index contributed by atoms with van der Waals surface area (Å²) < 4.78 is 0. The van der Waals surface area contributed by atoms with Gasteiger partial charge in [-0.1, -0.05) is 39.0 Å². The Labute approximate surface area is 193 Å². The first kappa shape index (κ1) is 22.3. The Kier molecular flexibility index (Phi) is 7.02. The molecule has 0 unspecified atom stereocenters. The van der Waals surface area contributed by atoms with Crippen molar-refractivity contribution in [2.75, 3.05) is 61.9 Å². The van der Waals surface area contributed by atoms with E-state index in [1.807, 2.05) is 11.8 Å². The number of piperazine rings is 1. The smallest absolute Gasteiger partial charge is 0.0560 e. The maximum atomic E-state index is 3.84. The second kappa shape index (κ2) is 9.74. The zero-order chi connectivity index (χ0) is 22.0. The normalized spacial score (nSPS) is 16.0. The van der Waals surface area contributed by atoms with Crippen LogP contribution >= 0.6 is 11.8 Å². The van der Waals surface area contributed by atoms with Crippen molar-refractivity contribution in [3.05, 3.63) is 35.4 Å². The summed E-state index contributed by atoms with van der Waals surface area (Å²) in [6.07, 6.45) is 4.68. The molecular formula is C26H38N4S. The van der Waals surface area contributed by atoms with E-state index in [1.54, 1.807) is 0 Å². The average molecular weight is 439 g/mol. The zero-order valence-electron chi connectivity index (χ0n) is 19.9. The van der Waals surface area contributed by atoms with E-state index in [9.17, 15) is 0 Å². The standard InChI is InChI=1S/C26H38N4S/c1-6-9-10-29-11-13-30(14-12-29)22-16-20(8-3)26-24(18-22)31-23-17-21(28(4)5)15-19(7-2)25(23)27-26/h15-18,27H,6-14H2,1-5H3. The van der Waals surface area contributed by atoms with Crippen LogP contribution in [0.2, 0.25) is 0 Å². The van der Waals surface area contributed by atoms with Crippen LogP contribution in [-0.2, 0) is 12.8 Å². The van der Waals surface area contributed by atoms with E-state index < -0.39 is 0 Å². The average Bonchev–Trinajstić information content (AvgIpc) is 2.80. The molecule has 2 heterocycles. The van der Waals surface area contributed by atoms with Crippen molar-refractivity contribution < 1.29 is 0 Å². The van der Waals surface area contributed by atoms with Crippen LogP contribution in [-0.4, -0.2) is 51.7 Å². The number of nitrogens with zero attached hydrogens (tertiary/aromatic N) is 3. The van der Waals surface area contributed by atoms with Crippen LogP contribution in [0.15, 0.2) is 34.1 Å². The van der Waals surface area contributed by atoms with Crippen molar-refractivity contribution in [2.45, 2.75) is 56.2 Å². The van der Waals surface area contributed by atoms with Gasteiger partial charge in [0.15, 0.2) is 0 Å². The van der Waals surface area contributed by atoms with Crippen molar-refractivity contribution in [3.8, 4) is 0 Å². The number of hydrogen-bond acceptors (Lipinski definition) is 5. The van der Waals surface area contributed by atoms with Gasteiger partial charge in [-0.3, -0.25) is 4.90 Å². The van der Waals surface area contributed by atoms with Gasteiger partial charge in [0, 0.05) is 61.4 Å². The molecule has 4 nitrogen and oxygen atoms in total. The molecule has 31 heavy (non-hydrogen) atoms. The van der Waals surface area contributed by atoms with Crippen molar-refractivity contribution >= 4 is 34.5 Å². The van der Waals surface area contributed by atoms with Gasteiger partial charge in [-0.15, -0.1) is 0 Å². The van der Waals surface area contributed by atoms with E-state index in [0.717, 1.165) is 25.9 Å². The van der Waals surface area contributed by atoms with Crippen molar-refractivity contribution in [1.29, 1.82) is 0 Å². The highest BCUT2D eigenvalue weighted by molar-refractivity contribution is 7.99. The molecule has 2 aromatic rings. The van der Waals surface area contributed by atoms with E-state index in [2.05, 4.69) is 79.1 Å². The fraction of sp³-hybridized carbons (Fsp3) is 0.538. The maximum absolute atomic E-state index is 3.84. The summed E-state index contributed by atoms with van der Waals surface area (Å²) in [7, 11) is 4.26. The molecule has 0 radical (unpaired) electrons. The molecule has 1 fully saturated rings. The topological polar surface area (TPSA) is 21.8 Å². The molecule has 2 aromatic carbocycles. The van der Waals surface area contributed by atoms with Crippen LogP contribution in [0.25, 0.3) is 0 Å². The Balaban J connectivity index is 1.61. The first-order valence-corrected chi connectivity index (χ1v) is 12.8. The van der Waals surface area contributed by atoms with Gasteiger partial charge in [-0.2, -0.15) is 0 Å². The van der Waals surface area contributed by atoms with E-state index in [1.165, 1.54) is 76.1 Å². The highest BCUT2D eigenvalue weighted by Crippen LogP contribution is 2.49. The van der Waals surface area contributed by atoms with Crippen LogP contribution in [0.3, 0.4) is 0 Å². The van der Waals surface area contributed by atoms with Crippen molar-refractivity contribution in [3.63, 3.8) is 0 Å². The number of benzene rings is 2. The van der Waals surface area contributed by atoms with Gasteiger partial charge in [0.1, 0.15) is 0 Å². The molecule has 5 heteroatoms. The summed E-state index contributed by atoms with van der Waals surface area (Å²) in [5.41, 5.74) is 8.12. The third-order valence-corrected chi connectivity index (χ3v) is 7.73. The van der Waals surface area contributed by atoms with Gasteiger partial charge in [-0.05, 0) is 61.2 Å². The zero-order valence-corrected chi connectivity index (χ0v) is 20.7. The summed E-state index contributed by atoms with van der Waals surface area (Å²) in [6.45, 7) is 12.7. The molecule has 0 aromatic heterocycles. The molecule has 0 aliphatic carbocycles. The number of rotatable bonds is 7. The Morgan fingerprint density at radius 2 is 1.52 bits per heavy atom. The quantitative estimate of drug-likeness (QED) is 0.486. The summed E-state index contributed by atoms with van der Waals surface area (Å²) in [5, 5.41) is 3.84. The number of hydrogen-bond donors (Lipinski definition) is 1.